The molecule has 106 valence electrons. The molecule has 2 heterocycles. The van der Waals surface area contributed by atoms with Gasteiger partial charge in [-0.1, -0.05) is 0 Å². The van der Waals surface area contributed by atoms with Crippen LogP contribution >= 0.6 is 0 Å². The Morgan fingerprint density at radius 2 is 2.00 bits per heavy atom. The van der Waals surface area contributed by atoms with Crippen molar-refractivity contribution in [1.29, 1.82) is 0 Å². The number of aryl methyl sites for hydroxylation is 1. The van der Waals surface area contributed by atoms with Crippen LogP contribution in [0, 0.1) is 18.6 Å². The van der Waals surface area contributed by atoms with E-state index in [0.29, 0.717) is 17.8 Å². The Morgan fingerprint density at radius 3 is 2.67 bits per heavy atom. The van der Waals surface area contributed by atoms with Gasteiger partial charge in [0, 0.05) is 24.2 Å². The monoisotopic (exact) mass is 285 g/mol. The van der Waals surface area contributed by atoms with Gasteiger partial charge in [0.05, 0.1) is 12.2 Å². The molecule has 0 fully saturated rings. The first-order valence-corrected chi connectivity index (χ1v) is 6.52. The van der Waals surface area contributed by atoms with Gasteiger partial charge in [-0.05, 0) is 48.4 Å². The third kappa shape index (κ3) is 2.81. The molecule has 0 bridgehead atoms. The van der Waals surface area contributed by atoms with Crippen LogP contribution in [0.25, 0.3) is 11.3 Å². The number of hydrogen-bond donors (Lipinski definition) is 0. The number of nitrogens with zero attached hydrogens (tertiary/aromatic N) is 3. The smallest absolute Gasteiger partial charge is 0.159 e. The van der Waals surface area contributed by atoms with Crippen LogP contribution in [-0.4, -0.2) is 14.8 Å². The normalized spacial score (nSPS) is 10.8. The molecule has 0 aliphatic rings. The molecule has 0 unspecified atom stereocenters. The number of hydrogen-bond acceptors (Lipinski definition) is 2. The lowest BCUT2D eigenvalue weighted by atomic mass is 10.1. The van der Waals surface area contributed by atoms with Gasteiger partial charge in [-0.15, -0.1) is 0 Å². The van der Waals surface area contributed by atoms with Crippen molar-refractivity contribution in [2.75, 3.05) is 0 Å². The van der Waals surface area contributed by atoms with Gasteiger partial charge < -0.3 is 0 Å². The molecule has 0 saturated carbocycles. The minimum absolute atomic E-state index is 0.558. The summed E-state index contributed by atoms with van der Waals surface area (Å²) in [5, 5.41) is 4.15. The Hall–Kier alpha value is -2.56. The molecular formula is C16H13F2N3. The van der Waals surface area contributed by atoms with E-state index in [0.717, 1.165) is 23.3 Å². The minimum Gasteiger partial charge on any atom is -0.268 e. The molecule has 1 aromatic carbocycles. The molecule has 0 aliphatic heterocycles. The molecule has 21 heavy (non-hydrogen) atoms. The minimum atomic E-state index is -0.868. The van der Waals surface area contributed by atoms with Gasteiger partial charge in [0.25, 0.3) is 0 Å². The van der Waals surface area contributed by atoms with Crippen LogP contribution in [0.1, 0.15) is 11.1 Å². The Balaban J connectivity index is 1.91. The molecular weight excluding hydrogens is 272 g/mol. The fraction of sp³-hybridized carbons (Fsp3) is 0.125. The summed E-state index contributed by atoms with van der Waals surface area (Å²) < 4.78 is 28.1. The van der Waals surface area contributed by atoms with Gasteiger partial charge >= 0.3 is 0 Å². The van der Waals surface area contributed by atoms with E-state index in [1.54, 1.807) is 17.1 Å². The Kier molecular flexibility index (Phi) is 3.48. The third-order valence-corrected chi connectivity index (χ3v) is 3.33. The van der Waals surface area contributed by atoms with Crippen molar-refractivity contribution >= 4 is 0 Å². The molecule has 0 radical (unpaired) electrons. The maximum Gasteiger partial charge on any atom is 0.159 e. The fourth-order valence-electron chi connectivity index (χ4n) is 2.13. The number of benzene rings is 1. The molecule has 3 aromatic rings. The van der Waals surface area contributed by atoms with Crippen molar-refractivity contribution in [2.45, 2.75) is 13.5 Å². The van der Waals surface area contributed by atoms with Crippen molar-refractivity contribution < 1.29 is 8.78 Å². The van der Waals surface area contributed by atoms with E-state index >= 15 is 0 Å². The molecule has 3 nitrogen and oxygen atoms in total. The second-order valence-electron chi connectivity index (χ2n) is 4.83. The van der Waals surface area contributed by atoms with Crippen molar-refractivity contribution in [1.82, 2.24) is 14.8 Å². The third-order valence-electron chi connectivity index (χ3n) is 3.33. The topological polar surface area (TPSA) is 30.7 Å². The fourth-order valence-corrected chi connectivity index (χ4v) is 2.13. The highest BCUT2D eigenvalue weighted by molar-refractivity contribution is 5.60. The summed E-state index contributed by atoms with van der Waals surface area (Å²) in [7, 11) is 0. The van der Waals surface area contributed by atoms with Crippen molar-refractivity contribution in [2.24, 2.45) is 0 Å². The van der Waals surface area contributed by atoms with Crippen LogP contribution in [0.15, 0.2) is 48.9 Å². The summed E-state index contributed by atoms with van der Waals surface area (Å²) in [6.07, 6.45) is 5.34. The van der Waals surface area contributed by atoms with Crippen LogP contribution in [0.4, 0.5) is 8.78 Å². The van der Waals surface area contributed by atoms with Crippen molar-refractivity contribution in [3.05, 3.63) is 71.7 Å². The molecule has 0 atom stereocenters. The van der Waals surface area contributed by atoms with Gasteiger partial charge in [-0.2, -0.15) is 5.10 Å². The Morgan fingerprint density at radius 1 is 1.14 bits per heavy atom. The zero-order valence-corrected chi connectivity index (χ0v) is 11.4. The maximum absolute atomic E-state index is 13.3. The van der Waals surface area contributed by atoms with Crippen LogP contribution in [0.2, 0.25) is 0 Å². The summed E-state index contributed by atoms with van der Waals surface area (Å²) in [6, 6.07) is 7.51. The highest BCUT2D eigenvalue weighted by atomic mass is 19.2. The molecule has 2 aromatic heterocycles. The van der Waals surface area contributed by atoms with Crippen LogP contribution in [0.3, 0.4) is 0 Å². The van der Waals surface area contributed by atoms with Crippen LogP contribution < -0.4 is 0 Å². The lowest BCUT2D eigenvalue weighted by Gasteiger charge is -2.08. The van der Waals surface area contributed by atoms with Crippen molar-refractivity contribution in [3.63, 3.8) is 0 Å². The van der Waals surface area contributed by atoms with Gasteiger partial charge in [0.15, 0.2) is 11.6 Å². The molecule has 0 spiro atoms. The number of pyridine rings is 1. The summed E-state index contributed by atoms with van der Waals surface area (Å²) in [4.78, 5) is 4.33. The first-order valence-electron chi connectivity index (χ1n) is 6.52. The van der Waals surface area contributed by atoms with Gasteiger partial charge in [-0.25, -0.2) is 8.78 Å². The number of aromatic nitrogens is 3. The van der Waals surface area contributed by atoms with E-state index in [4.69, 9.17) is 0 Å². The van der Waals surface area contributed by atoms with Gasteiger partial charge in [0.2, 0.25) is 0 Å². The predicted octanol–water partition coefficient (Wildman–Crippen LogP) is 3.58. The summed E-state index contributed by atoms with van der Waals surface area (Å²) >= 11 is 0. The lowest BCUT2D eigenvalue weighted by Crippen LogP contribution is -2.03. The predicted molar refractivity (Wildman–Crippen MR) is 75.7 cm³/mol. The van der Waals surface area contributed by atoms with Crippen LogP contribution in [-0.2, 0) is 6.54 Å². The maximum atomic E-state index is 13.3. The van der Waals surface area contributed by atoms with E-state index in [1.807, 2.05) is 25.3 Å². The van der Waals surface area contributed by atoms with Gasteiger partial charge in [0.1, 0.15) is 0 Å². The van der Waals surface area contributed by atoms with E-state index in [-0.39, 0.29) is 0 Å². The highest BCUT2D eigenvalue weighted by Gasteiger charge is 2.08. The number of halogens is 2. The molecule has 0 saturated heterocycles. The SMILES string of the molecule is Cc1cc(-c2ccc(F)c(F)c2)ncc1Cn1cccn1. The average Bonchev–Trinajstić information content (AvgIpc) is 2.97. The first kappa shape index (κ1) is 13.4. The zero-order valence-electron chi connectivity index (χ0n) is 11.4. The van der Waals surface area contributed by atoms with E-state index in [9.17, 15) is 8.78 Å². The molecule has 5 heteroatoms. The average molecular weight is 285 g/mol. The summed E-state index contributed by atoms with van der Waals surface area (Å²) in [5.74, 6) is -1.72. The molecule has 0 amide bonds. The summed E-state index contributed by atoms with van der Waals surface area (Å²) in [5.41, 5.74) is 3.24. The zero-order chi connectivity index (χ0) is 14.8. The van der Waals surface area contributed by atoms with E-state index in [2.05, 4.69) is 10.1 Å². The molecule has 3 rings (SSSR count). The van der Waals surface area contributed by atoms with Crippen molar-refractivity contribution in [3.8, 4) is 11.3 Å². The summed E-state index contributed by atoms with van der Waals surface area (Å²) in [6.45, 7) is 2.59. The lowest BCUT2D eigenvalue weighted by molar-refractivity contribution is 0.509. The standard InChI is InChI=1S/C16H13F2N3/c1-11-7-16(12-3-4-14(17)15(18)8-12)19-9-13(11)10-21-6-2-5-20-21/h2-9H,10H2,1H3. The largest absolute Gasteiger partial charge is 0.268 e. The molecule has 0 N–H and O–H groups in total. The second kappa shape index (κ2) is 5.44. The Labute approximate surface area is 120 Å². The van der Waals surface area contributed by atoms with Crippen LogP contribution in [0.5, 0.6) is 0 Å². The first-order chi connectivity index (χ1) is 10.1. The van der Waals surface area contributed by atoms with Gasteiger partial charge in [-0.3, -0.25) is 9.67 Å². The quantitative estimate of drug-likeness (QED) is 0.736. The number of rotatable bonds is 3. The Bertz CT molecular complexity index is 767. The highest BCUT2D eigenvalue weighted by Crippen LogP contribution is 2.22. The van der Waals surface area contributed by atoms with E-state index in [1.165, 1.54) is 6.07 Å². The van der Waals surface area contributed by atoms with E-state index < -0.39 is 11.6 Å². The molecule has 0 aliphatic carbocycles. The second-order valence-corrected chi connectivity index (χ2v) is 4.83.